The van der Waals surface area contributed by atoms with E-state index in [2.05, 4.69) is 38.2 Å². The Kier molecular flexibility index (Phi) is 2.22. The highest BCUT2D eigenvalue weighted by molar-refractivity contribution is 5.30. The van der Waals surface area contributed by atoms with Crippen LogP contribution in [0.2, 0.25) is 0 Å². The van der Waals surface area contributed by atoms with Crippen LogP contribution in [-0.4, -0.2) is 17.7 Å². The minimum absolute atomic E-state index is 0.106. The van der Waals surface area contributed by atoms with Gasteiger partial charge in [0.05, 0.1) is 6.20 Å². The van der Waals surface area contributed by atoms with E-state index >= 15 is 0 Å². The van der Waals surface area contributed by atoms with Gasteiger partial charge < -0.3 is 9.84 Å². The highest BCUT2D eigenvalue weighted by atomic mass is 16.5. The molecule has 1 aliphatic heterocycles. The average Bonchev–Trinajstić information content (AvgIpc) is 2.69. The molecule has 2 aliphatic rings. The van der Waals surface area contributed by atoms with Gasteiger partial charge in [-0.1, -0.05) is 25.9 Å². The summed E-state index contributed by atoms with van der Waals surface area (Å²) in [5, 5.41) is 7.64. The summed E-state index contributed by atoms with van der Waals surface area (Å²) in [6.45, 7) is 10.4. The molecule has 0 bridgehead atoms. The van der Waals surface area contributed by atoms with E-state index < -0.39 is 0 Å². The maximum absolute atomic E-state index is 5.53. The van der Waals surface area contributed by atoms with Crippen LogP contribution in [0.4, 0.5) is 0 Å². The van der Waals surface area contributed by atoms with Gasteiger partial charge in [-0.3, -0.25) is 0 Å². The van der Waals surface area contributed by atoms with Crippen molar-refractivity contribution in [1.29, 1.82) is 0 Å². The fourth-order valence-corrected chi connectivity index (χ4v) is 4.11. The molecule has 0 spiro atoms. The SMILES string of the molecule is C[C@H]1C[C@H]2C(C)(C)c3oncc3C[C@]2(C)CN1. The van der Waals surface area contributed by atoms with Crippen molar-refractivity contribution in [3.05, 3.63) is 17.5 Å². The Morgan fingerprint density at radius 1 is 1.41 bits per heavy atom. The van der Waals surface area contributed by atoms with Crippen molar-refractivity contribution in [2.24, 2.45) is 11.3 Å². The normalized spacial score (nSPS) is 39.5. The Morgan fingerprint density at radius 3 is 2.94 bits per heavy atom. The number of aromatic nitrogens is 1. The average molecular weight is 234 g/mol. The molecule has 3 rings (SSSR count). The van der Waals surface area contributed by atoms with E-state index in [1.165, 1.54) is 12.0 Å². The van der Waals surface area contributed by atoms with Crippen LogP contribution in [0.25, 0.3) is 0 Å². The first kappa shape index (κ1) is 11.3. The van der Waals surface area contributed by atoms with Gasteiger partial charge in [-0.05, 0) is 31.1 Å². The first-order valence-electron chi connectivity index (χ1n) is 6.61. The van der Waals surface area contributed by atoms with Crippen LogP contribution in [-0.2, 0) is 11.8 Å². The topological polar surface area (TPSA) is 38.1 Å². The van der Waals surface area contributed by atoms with E-state index in [9.17, 15) is 0 Å². The lowest BCUT2D eigenvalue weighted by molar-refractivity contribution is 0.0258. The molecule has 3 nitrogen and oxygen atoms in total. The zero-order valence-corrected chi connectivity index (χ0v) is 11.2. The highest BCUT2D eigenvalue weighted by Gasteiger charge is 2.53. The number of rotatable bonds is 0. The zero-order chi connectivity index (χ0) is 12.3. The maximum atomic E-state index is 5.53. The summed E-state index contributed by atoms with van der Waals surface area (Å²) in [7, 11) is 0. The molecule has 17 heavy (non-hydrogen) atoms. The number of nitrogens with zero attached hydrogens (tertiary/aromatic N) is 1. The molecule has 1 saturated heterocycles. The second-order valence-corrected chi connectivity index (χ2v) is 6.80. The predicted molar refractivity (Wildman–Crippen MR) is 66.9 cm³/mol. The lowest BCUT2D eigenvalue weighted by Crippen LogP contribution is -2.57. The molecule has 94 valence electrons. The Morgan fingerprint density at radius 2 is 2.18 bits per heavy atom. The number of hydrogen-bond acceptors (Lipinski definition) is 3. The van der Waals surface area contributed by atoms with E-state index in [1.54, 1.807) is 0 Å². The third-order valence-electron chi connectivity index (χ3n) is 4.98. The quantitative estimate of drug-likeness (QED) is 0.749. The molecule has 0 saturated carbocycles. The Labute approximate surface area is 103 Å². The van der Waals surface area contributed by atoms with Crippen LogP contribution in [0.15, 0.2) is 10.7 Å². The van der Waals surface area contributed by atoms with Gasteiger partial charge in [0.2, 0.25) is 0 Å². The van der Waals surface area contributed by atoms with Crippen molar-refractivity contribution in [2.45, 2.75) is 52.0 Å². The summed E-state index contributed by atoms with van der Waals surface area (Å²) < 4.78 is 5.53. The molecule has 1 aromatic rings. The summed E-state index contributed by atoms with van der Waals surface area (Å²) in [6, 6.07) is 0.608. The zero-order valence-electron chi connectivity index (χ0n) is 11.2. The van der Waals surface area contributed by atoms with Crippen molar-refractivity contribution in [1.82, 2.24) is 10.5 Å². The second-order valence-electron chi connectivity index (χ2n) is 6.80. The lowest BCUT2D eigenvalue weighted by atomic mass is 9.53. The van der Waals surface area contributed by atoms with Crippen LogP contribution in [0.3, 0.4) is 0 Å². The van der Waals surface area contributed by atoms with Crippen LogP contribution >= 0.6 is 0 Å². The minimum atomic E-state index is 0.106. The van der Waals surface area contributed by atoms with Gasteiger partial charge in [0.15, 0.2) is 0 Å². The monoisotopic (exact) mass is 234 g/mol. The van der Waals surface area contributed by atoms with Crippen molar-refractivity contribution in [3.8, 4) is 0 Å². The molecule has 0 amide bonds. The van der Waals surface area contributed by atoms with Crippen molar-refractivity contribution in [2.75, 3.05) is 6.54 Å². The lowest BCUT2D eigenvalue weighted by Gasteiger charge is -2.53. The van der Waals surface area contributed by atoms with Gasteiger partial charge in [-0.25, -0.2) is 0 Å². The van der Waals surface area contributed by atoms with Crippen LogP contribution < -0.4 is 5.32 Å². The predicted octanol–water partition coefficient (Wildman–Crippen LogP) is 2.51. The number of nitrogens with one attached hydrogen (secondary N) is 1. The molecule has 1 N–H and O–H groups in total. The summed E-state index contributed by atoms with van der Waals surface area (Å²) in [6.07, 6.45) is 4.24. The second kappa shape index (κ2) is 3.35. The largest absolute Gasteiger partial charge is 0.361 e. The van der Waals surface area contributed by atoms with E-state index in [4.69, 9.17) is 4.52 Å². The van der Waals surface area contributed by atoms with Crippen LogP contribution in [0.5, 0.6) is 0 Å². The Hall–Kier alpha value is -0.830. The van der Waals surface area contributed by atoms with Gasteiger partial charge in [0, 0.05) is 23.6 Å². The van der Waals surface area contributed by atoms with Gasteiger partial charge >= 0.3 is 0 Å². The third-order valence-corrected chi connectivity index (χ3v) is 4.98. The fourth-order valence-electron chi connectivity index (χ4n) is 4.11. The molecule has 1 fully saturated rings. The fraction of sp³-hybridized carbons (Fsp3) is 0.786. The van der Waals surface area contributed by atoms with Gasteiger partial charge in [0.1, 0.15) is 5.76 Å². The van der Waals surface area contributed by atoms with Crippen molar-refractivity contribution in [3.63, 3.8) is 0 Å². The van der Waals surface area contributed by atoms with Gasteiger partial charge in [0.25, 0.3) is 0 Å². The smallest absolute Gasteiger partial charge is 0.145 e. The highest BCUT2D eigenvalue weighted by Crippen LogP contribution is 2.53. The molecule has 1 aliphatic carbocycles. The molecule has 3 atom stereocenters. The Balaban J connectivity index is 2.09. The molecule has 0 aromatic carbocycles. The van der Waals surface area contributed by atoms with Crippen molar-refractivity contribution < 1.29 is 4.52 Å². The third kappa shape index (κ3) is 1.48. The summed E-state index contributed by atoms with van der Waals surface area (Å²) in [4.78, 5) is 0. The first-order valence-corrected chi connectivity index (χ1v) is 6.61. The summed E-state index contributed by atoms with van der Waals surface area (Å²) in [5.41, 5.74) is 1.76. The van der Waals surface area contributed by atoms with Crippen LogP contribution in [0.1, 0.15) is 45.4 Å². The first-order chi connectivity index (χ1) is 7.93. The number of fused-ring (bicyclic) bond motifs is 2. The van der Waals surface area contributed by atoms with Gasteiger partial charge in [-0.15, -0.1) is 0 Å². The Bertz CT molecular complexity index is 437. The van der Waals surface area contributed by atoms with Gasteiger partial charge in [-0.2, -0.15) is 0 Å². The summed E-state index contributed by atoms with van der Waals surface area (Å²) in [5.74, 6) is 1.79. The van der Waals surface area contributed by atoms with E-state index in [-0.39, 0.29) is 5.41 Å². The number of hydrogen-bond donors (Lipinski definition) is 1. The standard InChI is InChI=1S/C14H22N2O/c1-9-5-11-13(2,3)12-10(7-16-17-12)6-14(11,4)8-15-9/h7,9,11,15H,5-6,8H2,1-4H3/t9-,11-,14+/m0/s1. The molecule has 0 unspecified atom stereocenters. The molecule has 3 heteroatoms. The van der Waals surface area contributed by atoms with E-state index in [0.29, 0.717) is 17.4 Å². The minimum Gasteiger partial charge on any atom is -0.361 e. The van der Waals surface area contributed by atoms with Crippen molar-refractivity contribution >= 4 is 0 Å². The number of piperidine rings is 1. The molecular weight excluding hydrogens is 212 g/mol. The molecule has 2 heterocycles. The molecule has 1 aromatic heterocycles. The molecular formula is C14H22N2O. The van der Waals surface area contributed by atoms with E-state index in [0.717, 1.165) is 18.7 Å². The van der Waals surface area contributed by atoms with E-state index in [1.807, 2.05) is 6.20 Å². The van der Waals surface area contributed by atoms with Crippen LogP contribution in [0, 0.1) is 11.3 Å². The maximum Gasteiger partial charge on any atom is 0.145 e. The molecule has 0 radical (unpaired) electrons. The summed E-state index contributed by atoms with van der Waals surface area (Å²) >= 11 is 0.